The maximum atomic E-state index is 13.2. The molecule has 0 aliphatic heterocycles. The Hall–Kier alpha value is -0.970. The summed E-state index contributed by atoms with van der Waals surface area (Å²) < 4.78 is 13.2. The second-order valence-corrected chi connectivity index (χ2v) is 4.43. The summed E-state index contributed by atoms with van der Waals surface area (Å²) in [6.45, 7) is 0. The Kier molecular flexibility index (Phi) is 3.53. The molecule has 0 aliphatic carbocycles. The van der Waals surface area contributed by atoms with Gasteiger partial charge in [0.25, 0.3) is 0 Å². The number of rotatable bonds is 3. The van der Waals surface area contributed by atoms with Crippen molar-refractivity contribution in [2.24, 2.45) is 0 Å². The van der Waals surface area contributed by atoms with Gasteiger partial charge in [0.2, 0.25) is 0 Å². The number of nitrogens with zero attached hydrogens (tertiary/aromatic N) is 1. The lowest BCUT2D eigenvalue weighted by atomic mass is 10.0. The summed E-state index contributed by atoms with van der Waals surface area (Å²) in [6.07, 6.45) is 0. The zero-order valence-electron chi connectivity index (χ0n) is 8.58. The Balaban J connectivity index is 2.44. The predicted octanol–water partition coefficient (Wildman–Crippen LogP) is 3.24. The Morgan fingerprint density at radius 3 is 2.94 bits per heavy atom. The first-order valence-electron chi connectivity index (χ1n) is 4.72. The molecule has 2 nitrogen and oxygen atoms in total. The van der Waals surface area contributed by atoms with Gasteiger partial charge in [-0.05, 0) is 30.8 Å². The third-order valence-electron chi connectivity index (χ3n) is 2.30. The van der Waals surface area contributed by atoms with E-state index in [-0.39, 0.29) is 11.9 Å². The molecule has 0 saturated heterocycles. The highest BCUT2D eigenvalue weighted by Crippen LogP contribution is 2.28. The molecule has 1 atom stereocenters. The molecule has 0 aliphatic rings. The van der Waals surface area contributed by atoms with Crippen LogP contribution in [0.15, 0.2) is 29.1 Å². The van der Waals surface area contributed by atoms with Gasteiger partial charge < -0.3 is 5.32 Å². The molecule has 0 amide bonds. The number of hydrogen-bond acceptors (Lipinski definition) is 3. The SMILES string of the molecule is CNC(c1cscn1)c1cc(F)ccc1Cl. The predicted molar refractivity (Wildman–Crippen MR) is 64.4 cm³/mol. The van der Waals surface area contributed by atoms with Crippen molar-refractivity contribution in [3.63, 3.8) is 0 Å². The minimum atomic E-state index is -0.296. The van der Waals surface area contributed by atoms with Crippen LogP contribution in [0.3, 0.4) is 0 Å². The number of nitrogens with one attached hydrogen (secondary N) is 1. The van der Waals surface area contributed by atoms with Gasteiger partial charge in [-0.2, -0.15) is 0 Å². The van der Waals surface area contributed by atoms with Gasteiger partial charge in [-0.1, -0.05) is 11.6 Å². The number of benzene rings is 1. The molecule has 1 N–H and O–H groups in total. The highest BCUT2D eigenvalue weighted by atomic mass is 35.5. The van der Waals surface area contributed by atoms with Gasteiger partial charge in [0.15, 0.2) is 0 Å². The van der Waals surface area contributed by atoms with E-state index in [2.05, 4.69) is 10.3 Å². The molecular formula is C11H10ClFN2S. The first-order valence-corrected chi connectivity index (χ1v) is 6.04. The topological polar surface area (TPSA) is 24.9 Å². The van der Waals surface area contributed by atoms with Crippen LogP contribution in [0, 0.1) is 5.82 Å². The minimum Gasteiger partial charge on any atom is -0.308 e. The molecule has 0 radical (unpaired) electrons. The average Bonchev–Trinajstić information content (AvgIpc) is 2.78. The van der Waals surface area contributed by atoms with E-state index in [1.807, 2.05) is 5.38 Å². The lowest BCUT2D eigenvalue weighted by Crippen LogP contribution is -2.18. The van der Waals surface area contributed by atoms with E-state index < -0.39 is 0 Å². The third kappa shape index (κ3) is 2.24. The van der Waals surface area contributed by atoms with Crippen LogP contribution in [0.25, 0.3) is 0 Å². The molecular weight excluding hydrogens is 247 g/mol. The van der Waals surface area contributed by atoms with Crippen LogP contribution >= 0.6 is 22.9 Å². The summed E-state index contributed by atoms with van der Waals surface area (Å²) in [7, 11) is 1.80. The number of hydrogen-bond donors (Lipinski definition) is 1. The van der Waals surface area contributed by atoms with E-state index >= 15 is 0 Å². The second-order valence-electron chi connectivity index (χ2n) is 3.30. The van der Waals surface area contributed by atoms with Crippen molar-refractivity contribution in [1.82, 2.24) is 10.3 Å². The molecule has 16 heavy (non-hydrogen) atoms. The summed E-state index contributed by atoms with van der Waals surface area (Å²) in [5, 5.41) is 5.54. The van der Waals surface area contributed by atoms with Crippen LogP contribution in [0.2, 0.25) is 5.02 Å². The Morgan fingerprint density at radius 2 is 2.31 bits per heavy atom. The molecule has 1 aromatic heterocycles. The molecule has 84 valence electrons. The molecule has 1 unspecified atom stereocenters. The van der Waals surface area contributed by atoms with Crippen molar-refractivity contribution < 1.29 is 4.39 Å². The molecule has 0 saturated carbocycles. The lowest BCUT2D eigenvalue weighted by Gasteiger charge is -2.15. The molecule has 0 spiro atoms. The van der Waals surface area contributed by atoms with Gasteiger partial charge in [-0.15, -0.1) is 11.3 Å². The van der Waals surface area contributed by atoms with Crippen molar-refractivity contribution in [3.8, 4) is 0 Å². The zero-order valence-corrected chi connectivity index (χ0v) is 10.1. The maximum Gasteiger partial charge on any atom is 0.123 e. The monoisotopic (exact) mass is 256 g/mol. The van der Waals surface area contributed by atoms with Crippen LogP contribution in [0.5, 0.6) is 0 Å². The van der Waals surface area contributed by atoms with Gasteiger partial charge in [-0.25, -0.2) is 9.37 Å². The van der Waals surface area contributed by atoms with E-state index in [9.17, 15) is 4.39 Å². The molecule has 0 fully saturated rings. The van der Waals surface area contributed by atoms with Gasteiger partial charge in [0.1, 0.15) is 5.82 Å². The van der Waals surface area contributed by atoms with Crippen molar-refractivity contribution >= 4 is 22.9 Å². The Morgan fingerprint density at radius 1 is 1.50 bits per heavy atom. The van der Waals surface area contributed by atoms with Crippen molar-refractivity contribution in [2.75, 3.05) is 7.05 Å². The van der Waals surface area contributed by atoms with Crippen molar-refractivity contribution in [3.05, 3.63) is 51.2 Å². The van der Waals surface area contributed by atoms with E-state index in [0.29, 0.717) is 10.6 Å². The van der Waals surface area contributed by atoms with Gasteiger partial charge in [0.05, 0.1) is 17.2 Å². The Labute approximate surface area is 102 Å². The minimum absolute atomic E-state index is 0.172. The lowest BCUT2D eigenvalue weighted by molar-refractivity contribution is 0.614. The van der Waals surface area contributed by atoms with Crippen LogP contribution < -0.4 is 5.32 Å². The highest BCUT2D eigenvalue weighted by molar-refractivity contribution is 7.07. The van der Waals surface area contributed by atoms with Crippen molar-refractivity contribution in [1.29, 1.82) is 0 Å². The number of thiazole rings is 1. The summed E-state index contributed by atoms with van der Waals surface area (Å²) in [5.74, 6) is -0.296. The molecule has 1 aromatic carbocycles. The summed E-state index contributed by atoms with van der Waals surface area (Å²) in [6, 6.07) is 4.17. The smallest absolute Gasteiger partial charge is 0.123 e. The van der Waals surface area contributed by atoms with Gasteiger partial charge in [-0.3, -0.25) is 0 Å². The summed E-state index contributed by atoms with van der Waals surface area (Å²) >= 11 is 7.56. The zero-order chi connectivity index (χ0) is 11.5. The summed E-state index contributed by atoms with van der Waals surface area (Å²) in [5.41, 5.74) is 3.29. The molecule has 5 heteroatoms. The third-order valence-corrected chi connectivity index (χ3v) is 3.25. The molecule has 1 heterocycles. The normalized spacial score (nSPS) is 12.7. The van der Waals surface area contributed by atoms with Crippen LogP contribution in [0.4, 0.5) is 4.39 Å². The van der Waals surface area contributed by atoms with E-state index in [4.69, 9.17) is 11.6 Å². The number of halogens is 2. The Bertz CT molecular complexity index is 473. The van der Waals surface area contributed by atoms with E-state index in [0.717, 1.165) is 5.69 Å². The summed E-state index contributed by atoms with van der Waals surface area (Å²) in [4.78, 5) is 4.21. The van der Waals surface area contributed by atoms with E-state index in [1.54, 1.807) is 18.6 Å². The maximum absolute atomic E-state index is 13.2. The fraction of sp³-hybridized carbons (Fsp3) is 0.182. The van der Waals surface area contributed by atoms with Crippen molar-refractivity contribution in [2.45, 2.75) is 6.04 Å². The van der Waals surface area contributed by atoms with Crippen LogP contribution in [0.1, 0.15) is 17.3 Å². The van der Waals surface area contributed by atoms with Gasteiger partial charge >= 0.3 is 0 Å². The fourth-order valence-electron chi connectivity index (χ4n) is 1.56. The highest BCUT2D eigenvalue weighted by Gasteiger charge is 2.17. The standard InChI is InChI=1S/C11H10ClFN2S/c1-14-11(10-5-16-6-15-10)8-4-7(13)2-3-9(8)12/h2-6,11,14H,1H3. The second kappa shape index (κ2) is 4.91. The van der Waals surface area contributed by atoms with Crippen LogP contribution in [-0.4, -0.2) is 12.0 Å². The van der Waals surface area contributed by atoms with Gasteiger partial charge in [0, 0.05) is 10.4 Å². The first-order chi connectivity index (χ1) is 7.72. The average molecular weight is 257 g/mol. The molecule has 2 rings (SSSR count). The molecule has 0 bridgehead atoms. The van der Waals surface area contributed by atoms with E-state index in [1.165, 1.54) is 23.5 Å². The molecule has 2 aromatic rings. The fourth-order valence-corrected chi connectivity index (χ4v) is 2.37. The first kappa shape index (κ1) is 11.5. The largest absolute Gasteiger partial charge is 0.308 e. The van der Waals surface area contributed by atoms with Crippen LogP contribution in [-0.2, 0) is 0 Å². The number of aromatic nitrogens is 1. The quantitative estimate of drug-likeness (QED) is 0.912.